The molecule has 0 aromatic carbocycles. The Labute approximate surface area is 117 Å². The molecule has 0 bridgehead atoms. The number of carbonyl (C=O) groups excluding carboxylic acids is 1. The van der Waals surface area contributed by atoms with Gasteiger partial charge in [0, 0.05) is 12.1 Å². The first kappa shape index (κ1) is 15.9. The Kier molecular flexibility index (Phi) is 5.42. The zero-order valence-corrected chi connectivity index (χ0v) is 11.9. The number of hydrogen-bond acceptors (Lipinski definition) is 5. The van der Waals surface area contributed by atoms with E-state index in [-0.39, 0.29) is 23.1 Å². The smallest absolute Gasteiger partial charge is 0.288 e. The normalized spacial score (nSPS) is 12.2. The highest BCUT2D eigenvalue weighted by atomic mass is 16.6. The fraction of sp³-hybridized carbons (Fsp3) is 0.538. The second-order valence-corrected chi connectivity index (χ2v) is 4.72. The molecule has 20 heavy (non-hydrogen) atoms. The maximum Gasteiger partial charge on any atom is 0.288 e. The van der Waals surface area contributed by atoms with Gasteiger partial charge in [-0.05, 0) is 12.8 Å². The fourth-order valence-corrected chi connectivity index (χ4v) is 2.14. The molecule has 3 N–H and O–H groups in total. The van der Waals surface area contributed by atoms with Gasteiger partial charge in [-0.2, -0.15) is 0 Å². The zero-order valence-electron chi connectivity index (χ0n) is 11.9. The minimum Gasteiger partial charge on any atom is -0.383 e. The van der Waals surface area contributed by atoms with E-state index in [9.17, 15) is 14.9 Å². The Balaban J connectivity index is 2.92. The van der Waals surface area contributed by atoms with Gasteiger partial charge in [0.1, 0.15) is 12.0 Å². The lowest BCUT2D eigenvalue weighted by molar-refractivity contribution is -0.385. The Bertz CT molecular complexity index is 500. The first-order valence-corrected chi connectivity index (χ1v) is 6.61. The topological polar surface area (TPSA) is 111 Å². The zero-order chi connectivity index (χ0) is 15.3. The first-order valence-electron chi connectivity index (χ1n) is 6.61. The van der Waals surface area contributed by atoms with E-state index in [1.165, 1.54) is 0 Å². The van der Waals surface area contributed by atoms with Gasteiger partial charge in [-0.15, -0.1) is 0 Å². The van der Waals surface area contributed by atoms with Crippen LogP contribution < -0.4 is 11.1 Å². The van der Waals surface area contributed by atoms with Crippen LogP contribution in [-0.2, 0) is 0 Å². The largest absolute Gasteiger partial charge is 0.383 e. The average Bonchev–Trinajstić information content (AvgIpc) is 2.40. The molecule has 1 aromatic heterocycles. The fourth-order valence-electron chi connectivity index (χ4n) is 2.14. The van der Waals surface area contributed by atoms with Crippen LogP contribution in [0, 0.1) is 16.0 Å². The van der Waals surface area contributed by atoms with Gasteiger partial charge in [0.25, 0.3) is 11.6 Å². The van der Waals surface area contributed by atoms with Crippen LogP contribution in [0.15, 0.2) is 12.3 Å². The van der Waals surface area contributed by atoms with Gasteiger partial charge in [0.2, 0.25) is 0 Å². The van der Waals surface area contributed by atoms with Crippen LogP contribution in [0.2, 0.25) is 0 Å². The molecule has 1 heterocycles. The highest BCUT2D eigenvalue weighted by Gasteiger charge is 2.20. The van der Waals surface area contributed by atoms with Crippen molar-refractivity contribution >= 4 is 17.4 Å². The Morgan fingerprint density at radius 2 is 2.10 bits per heavy atom. The number of nitrogens with zero attached hydrogens (tertiary/aromatic N) is 2. The third kappa shape index (κ3) is 3.66. The van der Waals surface area contributed by atoms with Crippen molar-refractivity contribution < 1.29 is 9.72 Å². The lowest BCUT2D eigenvalue weighted by Gasteiger charge is -2.22. The van der Waals surface area contributed by atoms with Crippen LogP contribution in [0.5, 0.6) is 0 Å². The summed E-state index contributed by atoms with van der Waals surface area (Å²) < 4.78 is 0. The predicted molar refractivity (Wildman–Crippen MR) is 76.3 cm³/mol. The Morgan fingerprint density at radius 3 is 2.60 bits per heavy atom. The summed E-state index contributed by atoms with van der Waals surface area (Å²) in [5.74, 6) is -0.0882. The number of pyridine rings is 1. The van der Waals surface area contributed by atoms with Gasteiger partial charge < -0.3 is 11.1 Å². The highest BCUT2D eigenvalue weighted by Crippen LogP contribution is 2.18. The van der Waals surface area contributed by atoms with Crippen molar-refractivity contribution in [3.63, 3.8) is 0 Å². The number of nitrogen functional groups attached to an aromatic ring is 1. The Morgan fingerprint density at radius 1 is 1.50 bits per heavy atom. The van der Waals surface area contributed by atoms with E-state index in [0.29, 0.717) is 5.92 Å². The van der Waals surface area contributed by atoms with E-state index < -0.39 is 10.8 Å². The molecule has 0 aliphatic carbocycles. The number of hydrogen-bond donors (Lipinski definition) is 2. The van der Waals surface area contributed by atoms with Crippen LogP contribution >= 0.6 is 0 Å². The summed E-state index contributed by atoms with van der Waals surface area (Å²) in [6, 6.07) is 1.12. The summed E-state index contributed by atoms with van der Waals surface area (Å²) in [6.45, 7) is 6.02. The SMILES string of the molecule is CCC(CC)C(C)NC(=O)c1cc([N+](=O)[O-])cnc1N. The molecule has 1 amide bonds. The number of nitro groups is 1. The maximum absolute atomic E-state index is 12.1. The third-order valence-electron chi connectivity index (χ3n) is 3.47. The minimum atomic E-state index is -0.604. The molecular formula is C13H20N4O3. The van der Waals surface area contributed by atoms with Crippen molar-refractivity contribution in [3.05, 3.63) is 27.9 Å². The molecule has 7 heteroatoms. The molecular weight excluding hydrogens is 260 g/mol. The number of carbonyl (C=O) groups is 1. The maximum atomic E-state index is 12.1. The quantitative estimate of drug-likeness (QED) is 0.612. The van der Waals surface area contributed by atoms with Crippen LogP contribution in [0.1, 0.15) is 44.0 Å². The standard InChI is InChI=1S/C13H20N4O3/c1-4-9(5-2)8(3)16-13(18)11-6-10(17(19)20)7-15-12(11)14/h6-9H,4-5H2,1-3H3,(H2,14,15)(H,16,18). The Hall–Kier alpha value is -2.18. The van der Waals surface area contributed by atoms with E-state index in [4.69, 9.17) is 5.73 Å². The monoisotopic (exact) mass is 280 g/mol. The summed E-state index contributed by atoms with van der Waals surface area (Å²) in [4.78, 5) is 25.9. The molecule has 1 aromatic rings. The minimum absolute atomic E-state index is 0.00940. The lowest BCUT2D eigenvalue weighted by Crippen LogP contribution is -2.38. The number of anilines is 1. The van der Waals surface area contributed by atoms with Crippen molar-refractivity contribution in [2.45, 2.75) is 39.7 Å². The van der Waals surface area contributed by atoms with Crippen molar-refractivity contribution in [1.29, 1.82) is 0 Å². The molecule has 0 saturated heterocycles. The summed E-state index contributed by atoms with van der Waals surface area (Å²) in [5.41, 5.74) is 5.40. The van der Waals surface area contributed by atoms with Gasteiger partial charge in [-0.3, -0.25) is 14.9 Å². The number of rotatable bonds is 6. The molecule has 1 rings (SSSR count). The van der Waals surface area contributed by atoms with Crippen LogP contribution in [-0.4, -0.2) is 21.9 Å². The van der Waals surface area contributed by atoms with Crippen LogP contribution in [0.25, 0.3) is 0 Å². The average molecular weight is 280 g/mol. The van der Waals surface area contributed by atoms with Crippen LogP contribution in [0.4, 0.5) is 11.5 Å². The number of nitrogens with one attached hydrogen (secondary N) is 1. The van der Waals surface area contributed by atoms with Crippen molar-refractivity contribution in [2.24, 2.45) is 5.92 Å². The van der Waals surface area contributed by atoms with E-state index in [0.717, 1.165) is 25.1 Å². The van der Waals surface area contributed by atoms with Gasteiger partial charge in [0.15, 0.2) is 0 Å². The molecule has 1 unspecified atom stereocenters. The molecule has 0 radical (unpaired) electrons. The molecule has 0 spiro atoms. The van der Waals surface area contributed by atoms with E-state index in [1.54, 1.807) is 0 Å². The molecule has 0 fully saturated rings. The lowest BCUT2D eigenvalue weighted by atomic mass is 9.95. The number of nitrogens with two attached hydrogens (primary N) is 1. The first-order chi connectivity index (χ1) is 9.40. The third-order valence-corrected chi connectivity index (χ3v) is 3.47. The summed E-state index contributed by atoms with van der Waals surface area (Å²) in [6.07, 6.45) is 2.93. The molecule has 0 aliphatic rings. The summed E-state index contributed by atoms with van der Waals surface area (Å²) in [5, 5.41) is 13.5. The van der Waals surface area contributed by atoms with E-state index in [1.807, 2.05) is 6.92 Å². The second kappa shape index (κ2) is 6.83. The second-order valence-electron chi connectivity index (χ2n) is 4.72. The summed E-state index contributed by atoms with van der Waals surface area (Å²) in [7, 11) is 0. The summed E-state index contributed by atoms with van der Waals surface area (Å²) >= 11 is 0. The molecule has 1 atom stereocenters. The highest BCUT2D eigenvalue weighted by molar-refractivity contribution is 5.99. The van der Waals surface area contributed by atoms with Crippen molar-refractivity contribution in [1.82, 2.24) is 10.3 Å². The van der Waals surface area contributed by atoms with Crippen molar-refractivity contribution in [2.75, 3.05) is 5.73 Å². The molecule has 7 nitrogen and oxygen atoms in total. The molecule has 110 valence electrons. The predicted octanol–water partition coefficient (Wildman–Crippen LogP) is 2.13. The number of amides is 1. The van der Waals surface area contributed by atoms with Crippen LogP contribution in [0.3, 0.4) is 0 Å². The molecule has 0 saturated carbocycles. The van der Waals surface area contributed by atoms with Gasteiger partial charge in [-0.25, -0.2) is 4.98 Å². The van der Waals surface area contributed by atoms with Crippen molar-refractivity contribution in [3.8, 4) is 0 Å². The van der Waals surface area contributed by atoms with E-state index >= 15 is 0 Å². The number of aromatic nitrogens is 1. The molecule has 0 aliphatic heterocycles. The van der Waals surface area contributed by atoms with Gasteiger partial charge in [0.05, 0.1) is 10.5 Å². The van der Waals surface area contributed by atoms with E-state index in [2.05, 4.69) is 24.1 Å². The van der Waals surface area contributed by atoms with Gasteiger partial charge in [-0.1, -0.05) is 26.7 Å². The van der Waals surface area contributed by atoms with Gasteiger partial charge >= 0.3 is 0 Å².